The number of nitrogens with zero attached hydrogens (tertiary/aromatic N) is 1. The standard InChI is InChI=1S/C11H12N2O4/c1-16-2-3-17-10-4-7-8(5-9(10)14)12-6-13-11(7)15/h4-6,14H,2-3H2,1H3,(H,12,13,15). The van der Waals surface area contributed by atoms with E-state index in [-0.39, 0.29) is 17.1 Å². The van der Waals surface area contributed by atoms with Gasteiger partial charge < -0.3 is 19.6 Å². The van der Waals surface area contributed by atoms with E-state index < -0.39 is 0 Å². The van der Waals surface area contributed by atoms with E-state index in [1.54, 1.807) is 7.11 Å². The van der Waals surface area contributed by atoms with Gasteiger partial charge in [0.1, 0.15) is 6.61 Å². The second-order valence-corrected chi connectivity index (χ2v) is 3.41. The van der Waals surface area contributed by atoms with Gasteiger partial charge in [0.05, 0.1) is 23.8 Å². The zero-order chi connectivity index (χ0) is 12.3. The Kier molecular flexibility index (Phi) is 3.24. The van der Waals surface area contributed by atoms with Crippen LogP contribution in [0.4, 0.5) is 0 Å². The Labute approximate surface area is 96.8 Å². The van der Waals surface area contributed by atoms with E-state index in [0.29, 0.717) is 24.1 Å². The fourth-order valence-electron chi connectivity index (χ4n) is 1.43. The lowest BCUT2D eigenvalue weighted by Crippen LogP contribution is -2.08. The molecule has 2 rings (SSSR count). The van der Waals surface area contributed by atoms with Crippen molar-refractivity contribution in [2.75, 3.05) is 20.3 Å². The molecule has 1 aromatic carbocycles. The van der Waals surface area contributed by atoms with Crippen molar-refractivity contribution in [3.63, 3.8) is 0 Å². The van der Waals surface area contributed by atoms with Crippen molar-refractivity contribution in [3.8, 4) is 11.5 Å². The van der Waals surface area contributed by atoms with E-state index in [1.807, 2.05) is 0 Å². The summed E-state index contributed by atoms with van der Waals surface area (Å²) in [6.07, 6.45) is 1.29. The number of hydrogen-bond acceptors (Lipinski definition) is 5. The summed E-state index contributed by atoms with van der Waals surface area (Å²) in [5, 5.41) is 10.1. The van der Waals surface area contributed by atoms with Crippen molar-refractivity contribution in [2.45, 2.75) is 0 Å². The molecule has 0 radical (unpaired) electrons. The molecular formula is C11H12N2O4. The molecule has 0 unspecified atom stereocenters. The average molecular weight is 236 g/mol. The second-order valence-electron chi connectivity index (χ2n) is 3.41. The van der Waals surface area contributed by atoms with Gasteiger partial charge in [-0.25, -0.2) is 4.98 Å². The first-order valence-electron chi connectivity index (χ1n) is 5.04. The van der Waals surface area contributed by atoms with Gasteiger partial charge >= 0.3 is 0 Å². The zero-order valence-corrected chi connectivity index (χ0v) is 9.27. The normalized spacial score (nSPS) is 10.6. The van der Waals surface area contributed by atoms with Crippen LogP contribution >= 0.6 is 0 Å². The Morgan fingerprint density at radius 1 is 1.41 bits per heavy atom. The number of methoxy groups -OCH3 is 1. The summed E-state index contributed by atoms with van der Waals surface area (Å²) < 4.78 is 10.1. The largest absolute Gasteiger partial charge is 0.504 e. The quantitative estimate of drug-likeness (QED) is 0.761. The van der Waals surface area contributed by atoms with E-state index in [4.69, 9.17) is 9.47 Å². The minimum absolute atomic E-state index is 0.0493. The molecule has 0 aliphatic heterocycles. The Balaban J connectivity index is 2.40. The first kappa shape index (κ1) is 11.4. The molecule has 0 aliphatic carbocycles. The predicted molar refractivity (Wildman–Crippen MR) is 61.4 cm³/mol. The summed E-state index contributed by atoms with van der Waals surface area (Å²) in [6, 6.07) is 2.86. The lowest BCUT2D eigenvalue weighted by molar-refractivity contribution is 0.144. The van der Waals surface area contributed by atoms with Crippen molar-refractivity contribution in [1.82, 2.24) is 9.97 Å². The number of ether oxygens (including phenoxy) is 2. The summed E-state index contributed by atoms with van der Waals surface area (Å²) in [4.78, 5) is 17.9. The van der Waals surface area contributed by atoms with Gasteiger partial charge in [-0.1, -0.05) is 0 Å². The van der Waals surface area contributed by atoms with Crippen LogP contribution in [0.1, 0.15) is 0 Å². The molecule has 0 bridgehead atoms. The molecule has 0 saturated heterocycles. The molecular weight excluding hydrogens is 224 g/mol. The van der Waals surface area contributed by atoms with Crippen molar-refractivity contribution >= 4 is 10.9 Å². The van der Waals surface area contributed by atoms with Gasteiger partial charge in [-0.05, 0) is 6.07 Å². The molecule has 17 heavy (non-hydrogen) atoms. The first-order valence-corrected chi connectivity index (χ1v) is 5.04. The molecule has 0 amide bonds. The lowest BCUT2D eigenvalue weighted by atomic mass is 10.2. The highest BCUT2D eigenvalue weighted by Gasteiger charge is 2.08. The monoisotopic (exact) mass is 236 g/mol. The van der Waals surface area contributed by atoms with E-state index in [0.717, 1.165) is 0 Å². The molecule has 0 spiro atoms. The summed E-state index contributed by atoms with van der Waals surface area (Å²) in [6.45, 7) is 0.703. The lowest BCUT2D eigenvalue weighted by Gasteiger charge is -2.08. The average Bonchev–Trinajstić information content (AvgIpc) is 2.31. The van der Waals surface area contributed by atoms with Gasteiger partial charge in [-0.3, -0.25) is 4.79 Å². The molecule has 0 fully saturated rings. The number of aromatic nitrogens is 2. The third kappa shape index (κ3) is 2.36. The number of phenolic OH excluding ortho intramolecular Hbond substituents is 1. The highest BCUT2D eigenvalue weighted by atomic mass is 16.5. The maximum atomic E-state index is 11.5. The number of fused-ring (bicyclic) bond motifs is 1. The molecule has 90 valence electrons. The Hall–Kier alpha value is -2.08. The van der Waals surface area contributed by atoms with Crippen LogP contribution in [0.3, 0.4) is 0 Å². The van der Waals surface area contributed by atoms with E-state index in [2.05, 4.69) is 9.97 Å². The zero-order valence-electron chi connectivity index (χ0n) is 9.27. The minimum atomic E-state index is -0.272. The van der Waals surface area contributed by atoms with Crippen molar-refractivity contribution in [2.24, 2.45) is 0 Å². The van der Waals surface area contributed by atoms with Crippen molar-refractivity contribution < 1.29 is 14.6 Å². The molecule has 2 N–H and O–H groups in total. The summed E-state index contributed by atoms with van der Waals surface area (Å²) in [5.41, 5.74) is 0.150. The Morgan fingerprint density at radius 2 is 2.24 bits per heavy atom. The molecule has 1 aromatic heterocycles. The molecule has 0 atom stereocenters. The van der Waals surface area contributed by atoms with Gasteiger partial charge in [-0.15, -0.1) is 0 Å². The summed E-state index contributed by atoms with van der Waals surface area (Å²) >= 11 is 0. The van der Waals surface area contributed by atoms with Crippen molar-refractivity contribution in [1.29, 1.82) is 0 Å². The van der Waals surface area contributed by atoms with Crippen LogP contribution < -0.4 is 10.3 Å². The Bertz CT molecular complexity index is 579. The van der Waals surface area contributed by atoms with Gasteiger partial charge in [0.2, 0.25) is 0 Å². The van der Waals surface area contributed by atoms with E-state index >= 15 is 0 Å². The maximum absolute atomic E-state index is 11.5. The number of nitrogens with one attached hydrogen (secondary N) is 1. The van der Waals surface area contributed by atoms with E-state index in [9.17, 15) is 9.90 Å². The number of benzene rings is 1. The number of rotatable bonds is 4. The van der Waals surface area contributed by atoms with Crippen LogP contribution in [0.2, 0.25) is 0 Å². The molecule has 6 heteroatoms. The van der Waals surface area contributed by atoms with Crippen LogP contribution in [0.15, 0.2) is 23.3 Å². The van der Waals surface area contributed by atoms with E-state index in [1.165, 1.54) is 18.5 Å². The van der Waals surface area contributed by atoms with Crippen molar-refractivity contribution in [3.05, 3.63) is 28.8 Å². The minimum Gasteiger partial charge on any atom is -0.504 e. The summed E-state index contributed by atoms with van der Waals surface area (Å²) in [7, 11) is 1.55. The summed E-state index contributed by atoms with van der Waals surface area (Å²) in [5.74, 6) is 0.194. The van der Waals surface area contributed by atoms with Crippen LogP contribution in [-0.4, -0.2) is 35.4 Å². The number of aromatic amines is 1. The first-order chi connectivity index (χ1) is 8.22. The number of hydrogen-bond donors (Lipinski definition) is 2. The van der Waals surface area contributed by atoms with Crippen LogP contribution in [-0.2, 0) is 4.74 Å². The number of aromatic hydroxyl groups is 1. The highest BCUT2D eigenvalue weighted by molar-refractivity contribution is 5.81. The highest BCUT2D eigenvalue weighted by Crippen LogP contribution is 2.28. The van der Waals surface area contributed by atoms with Crippen LogP contribution in [0.5, 0.6) is 11.5 Å². The third-order valence-electron chi connectivity index (χ3n) is 2.27. The van der Waals surface area contributed by atoms with Gasteiger partial charge in [0, 0.05) is 13.2 Å². The van der Waals surface area contributed by atoms with Gasteiger partial charge in [-0.2, -0.15) is 0 Å². The predicted octanol–water partition coefficient (Wildman–Crippen LogP) is 0.654. The third-order valence-corrected chi connectivity index (χ3v) is 2.27. The molecule has 1 heterocycles. The molecule has 0 saturated carbocycles. The smallest absolute Gasteiger partial charge is 0.258 e. The fraction of sp³-hybridized carbons (Fsp3) is 0.273. The topological polar surface area (TPSA) is 84.4 Å². The SMILES string of the molecule is COCCOc1cc2c(=O)[nH]cnc2cc1O. The van der Waals surface area contributed by atoms with Crippen LogP contribution in [0.25, 0.3) is 10.9 Å². The van der Waals surface area contributed by atoms with Crippen LogP contribution in [0, 0.1) is 0 Å². The molecule has 6 nitrogen and oxygen atoms in total. The second kappa shape index (κ2) is 4.84. The Morgan fingerprint density at radius 3 is 3.00 bits per heavy atom. The van der Waals surface area contributed by atoms with Gasteiger partial charge in [0.15, 0.2) is 11.5 Å². The number of phenols is 1. The molecule has 0 aliphatic rings. The number of H-pyrrole nitrogens is 1. The van der Waals surface area contributed by atoms with Gasteiger partial charge in [0.25, 0.3) is 5.56 Å². The fourth-order valence-corrected chi connectivity index (χ4v) is 1.43. The molecule has 2 aromatic rings. The maximum Gasteiger partial charge on any atom is 0.258 e.